The number of hydrogen-bond acceptors (Lipinski definition) is 14. The number of carbonyl (C=O) groups excluding carboxylic acids is 1. The van der Waals surface area contributed by atoms with Crippen molar-refractivity contribution in [2.45, 2.75) is 126 Å². The summed E-state index contributed by atoms with van der Waals surface area (Å²) in [6, 6.07) is 23.8. The number of fused-ring (bicyclic) bond motifs is 1. The standard InChI is InChI=1S/C59H70FN9O8S/c1-37(2)45-7-5-6-8-47(45)52-36-66(35-39-9-13-46(40-10-11-40)53(25-39)76-4)23-24-68(52)42-29-59(30-42)19-21-67(22-20-59)41-12-14-48(54(26-41)77-43-27-49-50(60)34-64-55(49)62-32-43)57(70)65-78(74,75)44-28-51(69(72)73)56(63-33-44)61-31-38-15-17-58(3,71)18-16-38/h5-9,12-14,25-28,32-34,37-38,40,42,52,71H,10-11,15-24,29-31,35-36H2,1-4H3,(H,61,63)(H,62,64)(H,65,70)/t38?,52-,58?/m0/s1. The van der Waals surface area contributed by atoms with E-state index in [0.29, 0.717) is 42.9 Å². The van der Waals surface area contributed by atoms with Gasteiger partial charge in [-0.05, 0) is 141 Å². The number of nitro groups is 1. The van der Waals surface area contributed by atoms with Crippen molar-refractivity contribution in [1.29, 1.82) is 0 Å². The number of carbonyl (C=O) groups is 1. The molecule has 1 amide bonds. The number of anilines is 2. The van der Waals surface area contributed by atoms with E-state index >= 15 is 0 Å². The molecular formula is C59H70FN9O8S. The second-order valence-electron chi connectivity index (χ2n) is 23.2. The highest BCUT2D eigenvalue weighted by Gasteiger charge is 2.50. The van der Waals surface area contributed by atoms with Gasteiger partial charge in [-0.3, -0.25) is 24.7 Å². The van der Waals surface area contributed by atoms with Gasteiger partial charge in [0.25, 0.3) is 15.9 Å². The highest BCUT2D eigenvalue weighted by atomic mass is 32.2. The smallest absolute Gasteiger partial charge is 0.312 e. The zero-order chi connectivity index (χ0) is 54.5. The van der Waals surface area contributed by atoms with Gasteiger partial charge in [0, 0.05) is 81.9 Å². The second-order valence-corrected chi connectivity index (χ2v) is 24.9. The number of benzene rings is 3. The average molecular weight is 1080 g/mol. The number of aromatic amines is 1. The molecule has 3 aliphatic carbocycles. The first-order valence-corrected chi connectivity index (χ1v) is 29.0. The molecule has 19 heteroatoms. The molecule has 2 aliphatic heterocycles. The molecule has 412 valence electrons. The Morgan fingerprint density at radius 2 is 1.71 bits per heavy atom. The van der Waals surface area contributed by atoms with Crippen LogP contribution in [0.5, 0.6) is 17.2 Å². The van der Waals surface area contributed by atoms with Crippen molar-refractivity contribution in [2.75, 3.05) is 56.6 Å². The van der Waals surface area contributed by atoms with E-state index in [1.54, 1.807) is 26.2 Å². The summed E-state index contributed by atoms with van der Waals surface area (Å²) in [6.07, 6.45) is 12.8. The minimum Gasteiger partial charge on any atom is -0.496 e. The summed E-state index contributed by atoms with van der Waals surface area (Å²) in [4.78, 5) is 43.9. The highest BCUT2D eigenvalue weighted by molar-refractivity contribution is 7.90. The molecule has 5 aliphatic rings. The van der Waals surface area contributed by atoms with Crippen LogP contribution in [0.15, 0.2) is 96.3 Å². The van der Waals surface area contributed by atoms with Crippen molar-refractivity contribution >= 4 is 44.2 Å². The molecule has 5 fully saturated rings. The lowest BCUT2D eigenvalue weighted by Crippen LogP contribution is -2.60. The number of aromatic nitrogens is 3. The third-order valence-electron chi connectivity index (χ3n) is 17.4. The zero-order valence-electron chi connectivity index (χ0n) is 44.8. The molecule has 1 spiro atoms. The fourth-order valence-electron chi connectivity index (χ4n) is 12.7. The van der Waals surface area contributed by atoms with Gasteiger partial charge in [-0.1, -0.05) is 50.2 Å². The van der Waals surface area contributed by atoms with Crippen molar-refractivity contribution in [1.82, 2.24) is 29.5 Å². The van der Waals surface area contributed by atoms with Crippen LogP contribution in [0.3, 0.4) is 0 Å². The van der Waals surface area contributed by atoms with Crippen LogP contribution < -0.4 is 24.4 Å². The van der Waals surface area contributed by atoms with Gasteiger partial charge in [-0.2, -0.15) is 0 Å². The van der Waals surface area contributed by atoms with E-state index in [1.807, 2.05) is 0 Å². The maximum Gasteiger partial charge on any atom is 0.312 e. The molecule has 5 heterocycles. The molecule has 0 unspecified atom stereocenters. The summed E-state index contributed by atoms with van der Waals surface area (Å²) in [5.74, 6) is 0.603. The summed E-state index contributed by atoms with van der Waals surface area (Å²) in [7, 11) is -2.93. The quantitative estimate of drug-likeness (QED) is 0.0495. The number of H-pyrrole nitrogens is 1. The Balaban J connectivity index is 0.782. The van der Waals surface area contributed by atoms with Crippen molar-refractivity contribution < 1.29 is 37.1 Å². The van der Waals surface area contributed by atoms with Crippen molar-refractivity contribution in [2.24, 2.45) is 11.3 Å². The monoisotopic (exact) mass is 1080 g/mol. The number of hydrogen-bond donors (Lipinski definition) is 4. The molecule has 2 saturated heterocycles. The van der Waals surface area contributed by atoms with Crippen LogP contribution in [0.25, 0.3) is 11.0 Å². The summed E-state index contributed by atoms with van der Waals surface area (Å²) in [5, 5.41) is 25.7. The molecule has 6 aromatic rings. The summed E-state index contributed by atoms with van der Waals surface area (Å²) >= 11 is 0. The SMILES string of the molecule is COc1cc(CN2CCN(C3CC4(CCN(c5ccc(C(=O)NS(=O)(=O)c6cnc(NCC7CCC(C)(O)CC7)c([N+](=O)[O-])c6)c(Oc6cnc7[nH]cc(F)c7c6)c5)CC4)C3)[C@H](c3ccccc3C(C)C)C2)ccc1C1CC1. The topological polar surface area (TPSA) is 208 Å². The van der Waals surface area contributed by atoms with Crippen LogP contribution in [0, 0.1) is 27.3 Å². The van der Waals surface area contributed by atoms with Crippen LogP contribution in [0.1, 0.15) is 135 Å². The van der Waals surface area contributed by atoms with Crippen LogP contribution in [0.2, 0.25) is 0 Å². The number of pyridine rings is 2. The maximum absolute atomic E-state index is 14.8. The molecular weight excluding hydrogens is 1010 g/mol. The zero-order valence-corrected chi connectivity index (χ0v) is 45.7. The van der Waals surface area contributed by atoms with E-state index in [2.05, 4.69) is 96.0 Å². The Morgan fingerprint density at radius 3 is 2.44 bits per heavy atom. The number of nitrogens with one attached hydrogen (secondary N) is 3. The number of amides is 1. The van der Waals surface area contributed by atoms with Crippen LogP contribution in [-0.2, 0) is 16.6 Å². The Morgan fingerprint density at radius 1 is 0.936 bits per heavy atom. The van der Waals surface area contributed by atoms with E-state index < -0.39 is 42.9 Å². The molecule has 11 rings (SSSR count). The predicted octanol–water partition coefficient (Wildman–Crippen LogP) is 10.6. The van der Waals surface area contributed by atoms with E-state index in [1.165, 1.54) is 59.6 Å². The van der Waals surface area contributed by atoms with Crippen molar-refractivity contribution in [3.05, 3.63) is 135 Å². The Labute approximate surface area is 455 Å². The predicted molar refractivity (Wildman–Crippen MR) is 296 cm³/mol. The number of aliphatic hydroxyl groups is 1. The second kappa shape index (κ2) is 21.5. The van der Waals surface area contributed by atoms with Crippen molar-refractivity contribution in [3.63, 3.8) is 0 Å². The first-order valence-electron chi connectivity index (χ1n) is 27.5. The van der Waals surface area contributed by atoms with Gasteiger partial charge < -0.3 is 29.8 Å². The van der Waals surface area contributed by atoms with E-state index in [-0.39, 0.29) is 45.6 Å². The lowest BCUT2D eigenvalue weighted by molar-refractivity contribution is -0.384. The molecule has 4 N–H and O–H groups in total. The number of halogens is 1. The van der Waals surface area contributed by atoms with E-state index in [4.69, 9.17) is 9.47 Å². The Bertz CT molecular complexity index is 3320. The first kappa shape index (κ1) is 53.3. The van der Waals surface area contributed by atoms with Gasteiger partial charge in [-0.15, -0.1) is 0 Å². The number of rotatable bonds is 17. The molecule has 78 heavy (non-hydrogen) atoms. The van der Waals surface area contributed by atoms with Crippen LogP contribution in [-0.4, -0.2) is 107 Å². The van der Waals surface area contributed by atoms with E-state index in [9.17, 15) is 32.8 Å². The van der Waals surface area contributed by atoms with Gasteiger partial charge >= 0.3 is 5.69 Å². The molecule has 0 bridgehead atoms. The Kier molecular flexibility index (Phi) is 14.7. The third kappa shape index (κ3) is 11.3. The summed E-state index contributed by atoms with van der Waals surface area (Å²) in [6.45, 7) is 12.0. The number of piperazine rings is 1. The number of methoxy groups -OCH3 is 1. The van der Waals surface area contributed by atoms with Crippen LogP contribution >= 0.6 is 0 Å². The number of piperidine rings is 1. The molecule has 3 saturated carbocycles. The van der Waals surface area contributed by atoms with E-state index in [0.717, 1.165) is 101 Å². The number of nitrogens with zero attached hydrogens (tertiary/aromatic N) is 6. The normalized spacial score (nSPS) is 22.1. The summed E-state index contributed by atoms with van der Waals surface area (Å²) in [5.41, 5.74) is 5.23. The highest BCUT2D eigenvalue weighted by Crippen LogP contribution is 2.54. The maximum atomic E-state index is 14.8. The van der Waals surface area contributed by atoms with Gasteiger partial charge in [-0.25, -0.2) is 27.5 Å². The van der Waals surface area contributed by atoms with Crippen molar-refractivity contribution in [3.8, 4) is 17.2 Å². The van der Waals surface area contributed by atoms with Crippen LogP contribution in [0.4, 0.5) is 21.6 Å². The Hall–Kier alpha value is -6.67. The lowest BCUT2D eigenvalue weighted by Gasteiger charge is -2.58. The average Bonchev–Trinajstić information content (AvgIpc) is 4.32. The first-order chi connectivity index (χ1) is 37.4. The molecule has 1 atom stereocenters. The minimum atomic E-state index is -4.71. The minimum absolute atomic E-state index is 0.00967. The third-order valence-corrected chi connectivity index (χ3v) is 18.7. The largest absolute Gasteiger partial charge is 0.496 e. The molecule has 0 radical (unpaired) electrons. The fraction of sp³-hybridized carbons (Fsp3) is 0.475. The number of ether oxygens (including phenoxy) is 2. The molecule has 17 nitrogen and oxygen atoms in total. The molecule has 3 aromatic heterocycles. The molecule has 3 aromatic carbocycles. The van der Waals surface area contributed by atoms with Gasteiger partial charge in [0.1, 0.15) is 33.6 Å². The van der Waals surface area contributed by atoms with Gasteiger partial charge in [0.2, 0.25) is 5.82 Å². The van der Waals surface area contributed by atoms with Gasteiger partial charge in [0.15, 0.2) is 0 Å². The fourth-order valence-corrected chi connectivity index (χ4v) is 13.6. The lowest BCUT2D eigenvalue weighted by atomic mass is 9.59. The summed E-state index contributed by atoms with van der Waals surface area (Å²) < 4.78 is 56.7. The van der Waals surface area contributed by atoms with Gasteiger partial charge in [0.05, 0.1) is 41.0 Å². The number of sulfonamides is 1.